The van der Waals surface area contributed by atoms with E-state index in [0.29, 0.717) is 0 Å². The third-order valence-electron chi connectivity index (χ3n) is 2.30. The van der Waals surface area contributed by atoms with Crippen LogP contribution in [0.4, 0.5) is 10.1 Å². The van der Waals surface area contributed by atoms with Gasteiger partial charge in [0.25, 0.3) is 10.0 Å². The fraction of sp³-hybridized carbons (Fsp3) is 0. The van der Waals surface area contributed by atoms with Gasteiger partial charge in [0.1, 0.15) is 17.1 Å². The highest BCUT2D eigenvalue weighted by atomic mass is 35.5. The fourth-order valence-electron chi connectivity index (χ4n) is 1.41. The summed E-state index contributed by atoms with van der Waals surface area (Å²) in [5.74, 6) is -2.38. The number of sulfonamides is 1. The molecule has 0 saturated carbocycles. The number of hydrogen-bond acceptors (Lipinski definition) is 4. The third-order valence-corrected chi connectivity index (χ3v) is 3.94. The van der Waals surface area contributed by atoms with Crippen LogP contribution in [0.3, 0.4) is 0 Å². The van der Waals surface area contributed by atoms with E-state index in [4.69, 9.17) is 16.7 Å². The number of nitrogens with zero attached hydrogens (tertiary/aromatic N) is 1. The SMILES string of the molecule is O=C(O)c1cn[nH]c1S(=O)(=O)Nc1c(F)cccc1Cl. The Morgan fingerprint density at radius 2 is 2.15 bits per heavy atom. The first-order valence-corrected chi connectivity index (χ1v) is 6.92. The van der Waals surface area contributed by atoms with Gasteiger partial charge in [-0.15, -0.1) is 0 Å². The molecule has 0 spiro atoms. The van der Waals surface area contributed by atoms with Gasteiger partial charge in [0, 0.05) is 0 Å². The lowest BCUT2D eigenvalue weighted by atomic mass is 10.3. The van der Waals surface area contributed by atoms with Gasteiger partial charge in [-0.1, -0.05) is 17.7 Å². The number of rotatable bonds is 4. The fourth-order valence-corrected chi connectivity index (χ4v) is 2.86. The van der Waals surface area contributed by atoms with Crippen molar-refractivity contribution in [1.29, 1.82) is 0 Å². The zero-order valence-electron chi connectivity index (χ0n) is 9.59. The molecule has 0 saturated heterocycles. The predicted octanol–water partition coefficient (Wildman–Crippen LogP) is 1.70. The molecular weight excluding hydrogens is 313 g/mol. The van der Waals surface area contributed by atoms with E-state index in [9.17, 15) is 17.6 Å². The second kappa shape index (κ2) is 5.10. The molecule has 3 N–H and O–H groups in total. The predicted molar refractivity (Wildman–Crippen MR) is 67.8 cm³/mol. The lowest BCUT2D eigenvalue weighted by molar-refractivity contribution is 0.0692. The summed E-state index contributed by atoms with van der Waals surface area (Å²) in [5, 5.41) is 13.4. The van der Waals surface area contributed by atoms with Gasteiger partial charge < -0.3 is 5.11 Å². The van der Waals surface area contributed by atoms with Gasteiger partial charge in [-0.2, -0.15) is 13.5 Å². The van der Waals surface area contributed by atoms with Crippen molar-refractivity contribution in [3.8, 4) is 0 Å². The summed E-state index contributed by atoms with van der Waals surface area (Å²) < 4.78 is 39.5. The molecule has 10 heteroatoms. The number of aromatic amines is 1. The van der Waals surface area contributed by atoms with E-state index in [1.807, 2.05) is 9.82 Å². The van der Waals surface area contributed by atoms with Crippen LogP contribution in [0.25, 0.3) is 0 Å². The molecule has 0 radical (unpaired) electrons. The molecule has 0 fully saturated rings. The average molecular weight is 320 g/mol. The number of anilines is 1. The standard InChI is InChI=1S/C10H7ClFN3O4S/c11-6-2-1-3-7(12)8(6)15-20(18,19)9-5(10(16)17)4-13-14-9/h1-4,15H,(H,13,14)(H,16,17). The van der Waals surface area contributed by atoms with Gasteiger partial charge in [0.2, 0.25) is 0 Å². The van der Waals surface area contributed by atoms with Crippen LogP contribution in [0.1, 0.15) is 10.4 Å². The molecular formula is C10H7ClFN3O4S. The normalized spacial score (nSPS) is 11.3. The molecule has 106 valence electrons. The van der Waals surface area contributed by atoms with Crippen molar-refractivity contribution in [2.75, 3.05) is 4.72 Å². The van der Waals surface area contributed by atoms with Crippen LogP contribution in [0.15, 0.2) is 29.4 Å². The molecule has 7 nitrogen and oxygen atoms in total. The Morgan fingerprint density at radius 1 is 1.45 bits per heavy atom. The smallest absolute Gasteiger partial charge is 0.340 e. The molecule has 0 amide bonds. The summed E-state index contributed by atoms with van der Waals surface area (Å²) in [6.07, 6.45) is 0.833. The molecule has 1 aromatic heterocycles. The van der Waals surface area contributed by atoms with Crippen molar-refractivity contribution < 1.29 is 22.7 Å². The number of nitrogens with one attached hydrogen (secondary N) is 2. The Bertz CT molecular complexity index is 754. The Kier molecular flexibility index (Phi) is 3.64. The summed E-state index contributed by atoms with van der Waals surface area (Å²) >= 11 is 5.69. The van der Waals surface area contributed by atoms with Crippen LogP contribution in [-0.2, 0) is 10.0 Å². The number of aromatic nitrogens is 2. The summed E-state index contributed by atoms with van der Waals surface area (Å²) in [5.41, 5.74) is -1.04. The zero-order chi connectivity index (χ0) is 14.9. The number of H-pyrrole nitrogens is 1. The molecule has 2 aromatic rings. The first kappa shape index (κ1) is 14.3. The van der Waals surface area contributed by atoms with Gasteiger partial charge in [0.05, 0.1) is 11.2 Å². The molecule has 0 aliphatic rings. The minimum atomic E-state index is -4.36. The van der Waals surface area contributed by atoms with Crippen LogP contribution >= 0.6 is 11.6 Å². The van der Waals surface area contributed by atoms with Gasteiger partial charge in [0.15, 0.2) is 5.03 Å². The highest BCUT2D eigenvalue weighted by Crippen LogP contribution is 2.27. The molecule has 1 heterocycles. The maximum absolute atomic E-state index is 13.5. The number of halogens is 2. The molecule has 0 aliphatic heterocycles. The van der Waals surface area contributed by atoms with Crippen molar-refractivity contribution in [2.45, 2.75) is 5.03 Å². The molecule has 0 bridgehead atoms. The monoisotopic (exact) mass is 319 g/mol. The van der Waals surface area contributed by atoms with Gasteiger partial charge in [-0.05, 0) is 12.1 Å². The minimum absolute atomic E-state index is 0.162. The molecule has 1 aromatic carbocycles. The highest BCUT2D eigenvalue weighted by Gasteiger charge is 2.26. The van der Waals surface area contributed by atoms with E-state index in [0.717, 1.165) is 12.3 Å². The summed E-state index contributed by atoms with van der Waals surface area (Å²) in [6.45, 7) is 0. The lowest BCUT2D eigenvalue weighted by Gasteiger charge is -2.09. The number of para-hydroxylation sites is 1. The van der Waals surface area contributed by atoms with Crippen LogP contribution in [0.5, 0.6) is 0 Å². The number of aromatic carboxylic acids is 1. The van der Waals surface area contributed by atoms with E-state index in [-0.39, 0.29) is 5.02 Å². The molecule has 20 heavy (non-hydrogen) atoms. The maximum atomic E-state index is 13.5. The van der Waals surface area contributed by atoms with Gasteiger partial charge in [-0.3, -0.25) is 9.82 Å². The minimum Gasteiger partial charge on any atom is -0.478 e. The van der Waals surface area contributed by atoms with E-state index in [1.165, 1.54) is 12.1 Å². The average Bonchev–Trinajstić information content (AvgIpc) is 2.84. The van der Waals surface area contributed by atoms with Crippen molar-refractivity contribution in [3.05, 3.63) is 40.8 Å². The van der Waals surface area contributed by atoms with Crippen LogP contribution in [0.2, 0.25) is 5.02 Å². The van der Waals surface area contributed by atoms with E-state index < -0.39 is 38.1 Å². The first-order valence-electron chi connectivity index (χ1n) is 5.06. The molecule has 2 rings (SSSR count). The van der Waals surface area contributed by atoms with Crippen molar-refractivity contribution >= 4 is 33.3 Å². The second-order valence-corrected chi connectivity index (χ2v) is 5.65. The lowest BCUT2D eigenvalue weighted by Crippen LogP contribution is -2.17. The first-order chi connectivity index (χ1) is 9.33. The Hall–Kier alpha value is -2.13. The van der Waals surface area contributed by atoms with E-state index in [2.05, 4.69) is 5.10 Å². The topological polar surface area (TPSA) is 112 Å². The second-order valence-electron chi connectivity index (χ2n) is 3.62. The van der Waals surface area contributed by atoms with Crippen molar-refractivity contribution in [3.63, 3.8) is 0 Å². The van der Waals surface area contributed by atoms with Gasteiger partial charge in [-0.25, -0.2) is 9.18 Å². The number of carboxylic acids is 1. The zero-order valence-corrected chi connectivity index (χ0v) is 11.2. The highest BCUT2D eigenvalue weighted by molar-refractivity contribution is 7.92. The Labute approximate surface area is 117 Å². The number of carboxylic acid groups (broad SMARTS) is 1. The van der Waals surface area contributed by atoms with E-state index in [1.54, 1.807) is 0 Å². The third kappa shape index (κ3) is 2.58. The largest absolute Gasteiger partial charge is 0.478 e. The quantitative estimate of drug-likeness (QED) is 0.794. The maximum Gasteiger partial charge on any atom is 0.340 e. The number of hydrogen-bond donors (Lipinski definition) is 3. The van der Waals surface area contributed by atoms with Gasteiger partial charge >= 0.3 is 5.97 Å². The Morgan fingerprint density at radius 3 is 2.75 bits per heavy atom. The summed E-state index contributed by atoms with van der Waals surface area (Å²) in [7, 11) is -4.36. The van der Waals surface area contributed by atoms with Crippen LogP contribution < -0.4 is 4.72 Å². The van der Waals surface area contributed by atoms with Crippen LogP contribution in [0, 0.1) is 5.82 Å². The number of carbonyl (C=O) groups is 1. The summed E-state index contributed by atoms with van der Waals surface area (Å²) in [4.78, 5) is 10.9. The van der Waals surface area contributed by atoms with E-state index >= 15 is 0 Å². The summed E-state index contributed by atoms with van der Waals surface area (Å²) in [6, 6.07) is 3.59. The van der Waals surface area contributed by atoms with Crippen LogP contribution in [-0.4, -0.2) is 29.7 Å². The van der Waals surface area contributed by atoms with Crippen molar-refractivity contribution in [2.24, 2.45) is 0 Å². The van der Waals surface area contributed by atoms with Crippen molar-refractivity contribution in [1.82, 2.24) is 10.2 Å². The number of benzene rings is 1. The molecule has 0 atom stereocenters. The molecule has 0 aliphatic carbocycles. The Balaban J connectivity index is 2.47. The molecule has 0 unspecified atom stereocenters.